The molecule has 0 saturated carbocycles. The molecule has 3 rings (SSSR count). The number of aliphatic imine (C=N–C) groups is 1. The minimum atomic E-state index is 0. The van der Waals surface area contributed by atoms with Crippen LogP contribution in [0.5, 0.6) is 0 Å². The molecule has 1 aromatic carbocycles. The molecule has 0 amide bonds. The number of para-hydroxylation sites is 1. The van der Waals surface area contributed by atoms with Gasteiger partial charge in [-0.25, -0.2) is 0 Å². The Labute approximate surface area is 165 Å². The third-order valence-electron chi connectivity index (χ3n) is 4.10. The zero-order valence-corrected chi connectivity index (χ0v) is 17.3. The van der Waals surface area contributed by atoms with E-state index in [2.05, 4.69) is 69.9 Å². The Morgan fingerprint density at radius 1 is 1.25 bits per heavy atom. The highest BCUT2D eigenvalue weighted by Crippen LogP contribution is 2.19. The highest BCUT2D eigenvalue weighted by Gasteiger charge is 2.23. The van der Waals surface area contributed by atoms with Crippen molar-refractivity contribution in [1.82, 2.24) is 10.6 Å². The Hall–Kier alpha value is -1.28. The van der Waals surface area contributed by atoms with Crippen LogP contribution >= 0.6 is 35.3 Å². The maximum absolute atomic E-state index is 4.35. The van der Waals surface area contributed by atoms with Crippen LogP contribution in [0, 0.1) is 6.92 Å². The molecule has 6 heteroatoms. The number of aryl methyl sites for hydroxylation is 1. The zero-order valence-electron chi connectivity index (χ0n) is 14.2. The second-order valence-corrected chi connectivity index (χ2v) is 7.22. The van der Waals surface area contributed by atoms with Gasteiger partial charge in [-0.05, 0) is 37.6 Å². The molecule has 1 saturated heterocycles. The molecule has 1 aromatic heterocycles. The summed E-state index contributed by atoms with van der Waals surface area (Å²) in [4.78, 5) is 9.46. The summed E-state index contributed by atoms with van der Waals surface area (Å²) in [6.07, 6.45) is 1.13. The molecule has 4 nitrogen and oxygen atoms in total. The van der Waals surface area contributed by atoms with Gasteiger partial charge in [-0.1, -0.05) is 18.2 Å². The van der Waals surface area contributed by atoms with Crippen LogP contribution in [0.3, 0.4) is 0 Å². The van der Waals surface area contributed by atoms with Crippen LogP contribution in [0.4, 0.5) is 5.69 Å². The van der Waals surface area contributed by atoms with Gasteiger partial charge < -0.3 is 15.5 Å². The first-order valence-corrected chi connectivity index (χ1v) is 8.89. The summed E-state index contributed by atoms with van der Waals surface area (Å²) in [6.45, 7) is 5.07. The van der Waals surface area contributed by atoms with Crippen molar-refractivity contribution in [3.8, 4) is 0 Å². The fourth-order valence-electron chi connectivity index (χ4n) is 2.89. The van der Waals surface area contributed by atoms with E-state index in [1.165, 1.54) is 15.4 Å². The van der Waals surface area contributed by atoms with Crippen LogP contribution in [0.1, 0.15) is 16.2 Å². The Kier molecular flexibility index (Phi) is 7.36. The Balaban J connectivity index is 0.00000208. The number of guanidine groups is 1. The molecule has 1 aliphatic heterocycles. The summed E-state index contributed by atoms with van der Waals surface area (Å²) in [5, 5.41) is 6.96. The van der Waals surface area contributed by atoms with Crippen molar-refractivity contribution >= 4 is 47.0 Å². The first kappa shape index (κ1) is 19.1. The van der Waals surface area contributed by atoms with Gasteiger partial charge >= 0.3 is 0 Å². The van der Waals surface area contributed by atoms with Crippen molar-refractivity contribution in [2.24, 2.45) is 4.99 Å². The minimum absolute atomic E-state index is 0. The van der Waals surface area contributed by atoms with Gasteiger partial charge in [0.05, 0.1) is 6.54 Å². The van der Waals surface area contributed by atoms with Gasteiger partial charge in [-0.15, -0.1) is 35.3 Å². The van der Waals surface area contributed by atoms with E-state index in [0.29, 0.717) is 6.04 Å². The third kappa shape index (κ3) is 5.11. The topological polar surface area (TPSA) is 39.7 Å². The highest BCUT2D eigenvalue weighted by molar-refractivity contribution is 14.0. The Morgan fingerprint density at radius 3 is 2.71 bits per heavy atom. The van der Waals surface area contributed by atoms with E-state index in [-0.39, 0.29) is 24.0 Å². The van der Waals surface area contributed by atoms with Crippen molar-refractivity contribution in [3.63, 3.8) is 0 Å². The first-order chi connectivity index (χ1) is 11.2. The van der Waals surface area contributed by atoms with Gasteiger partial charge in [-0.3, -0.25) is 4.99 Å². The summed E-state index contributed by atoms with van der Waals surface area (Å²) < 4.78 is 0. The zero-order chi connectivity index (χ0) is 16.1. The summed E-state index contributed by atoms with van der Waals surface area (Å²) in [5.41, 5.74) is 1.30. The normalized spacial score (nSPS) is 17.5. The smallest absolute Gasteiger partial charge is 0.191 e. The average molecular weight is 456 g/mol. The second-order valence-electron chi connectivity index (χ2n) is 5.85. The van der Waals surface area contributed by atoms with Gasteiger partial charge in [-0.2, -0.15) is 0 Å². The largest absolute Gasteiger partial charge is 0.369 e. The Bertz CT molecular complexity index is 656. The number of rotatable bonds is 4. The van der Waals surface area contributed by atoms with E-state index in [1.54, 1.807) is 0 Å². The number of thiophene rings is 1. The molecule has 0 bridgehead atoms. The standard InChI is InChI=1S/C18H24N4S.HI/c1-14-8-9-17(23-14)12-20-18(19-2)21-15-10-11-22(13-15)16-6-4-3-5-7-16;/h3-9,15H,10-13H2,1-2H3,(H2,19,20,21);1H. The number of nitrogens with one attached hydrogen (secondary N) is 2. The summed E-state index contributed by atoms with van der Waals surface area (Å²) in [6, 6.07) is 15.4. The van der Waals surface area contributed by atoms with E-state index in [4.69, 9.17) is 0 Å². The molecule has 2 N–H and O–H groups in total. The molecule has 1 aliphatic rings. The van der Waals surface area contributed by atoms with Gasteiger partial charge in [0, 0.05) is 41.6 Å². The molecule has 1 unspecified atom stereocenters. The van der Waals surface area contributed by atoms with Crippen molar-refractivity contribution in [2.75, 3.05) is 25.0 Å². The van der Waals surface area contributed by atoms with E-state index in [1.807, 2.05) is 18.4 Å². The van der Waals surface area contributed by atoms with Gasteiger partial charge in [0.15, 0.2) is 5.96 Å². The van der Waals surface area contributed by atoms with Crippen LogP contribution in [-0.2, 0) is 6.54 Å². The molecule has 2 aromatic rings. The van der Waals surface area contributed by atoms with Crippen LogP contribution in [0.15, 0.2) is 47.5 Å². The van der Waals surface area contributed by atoms with Gasteiger partial charge in [0.2, 0.25) is 0 Å². The Morgan fingerprint density at radius 2 is 2.04 bits per heavy atom. The van der Waals surface area contributed by atoms with E-state index in [9.17, 15) is 0 Å². The van der Waals surface area contributed by atoms with Crippen LogP contribution < -0.4 is 15.5 Å². The molecule has 0 spiro atoms. The van der Waals surface area contributed by atoms with Crippen molar-refractivity contribution < 1.29 is 0 Å². The fraction of sp³-hybridized carbons (Fsp3) is 0.389. The lowest BCUT2D eigenvalue weighted by Crippen LogP contribution is -2.44. The van der Waals surface area contributed by atoms with Crippen molar-refractivity contribution in [1.29, 1.82) is 0 Å². The summed E-state index contributed by atoms with van der Waals surface area (Å²) in [7, 11) is 1.83. The molecule has 2 heterocycles. The third-order valence-corrected chi connectivity index (χ3v) is 5.10. The molecular weight excluding hydrogens is 431 g/mol. The lowest BCUT2D eigenvalue weighted by Gasteiger charge is -2.20. The summed E-state index contributed by atoms with van der Waals surface area (Å²) >= 11 is 1.83. The van der Waals surface area contributed by atoms with E-state index >= 15 is 0 Å². The SMILES string of the molecule is CN=C(NCc1ccc(C)s1)NC1CCN(c2ccccc2)C1.I. The van der Waals surface area contributed by atoms with E-state index in [0.717, 1.165) is 32.0 Å². The predicted molar refractivity (Wildman–Crippen MR) is 115 cm³/mol. The number of benzene rings is 1. The average Bonchev–Trinajstić information content (AvgIpc) is 3.21. The molecule has 130 valence electrons. The van der Waals surface area contributed by atoms with Crippen LogP contribution in [-0.4, -0.2) is 32.1 Å². The van der Waals surface area contributed by atoms with Crippen LogP contribution in [0.25, 0.3) is 0 Å². The number of nitrogens with zero attached hydrogens (tertiary/aromatic N) is 2. The summed E-state index contributed by atoms with van der Waals surface area (Å²) in [5.74, 6) is 0.885. The minimum Gasteiger partial charge on any atom is -0.369 e. The lowest BCUT2D eigenvalue weighted by molar-refractivity contribution is 0.649. The number of halogens is 1. The second kappa shape index (κ2) is 9.27. The molecule has 24 heavy (non-hydrogen) atoms. The monoisotopic (exact) mass is 456 g/mol. The fourth-order valence-corrected chi connectivity index (χ4v) is 3.72. The molecule has 0 aliphatic carbocycles. The van der Waals surface area contributed by atoms with Gasteiger partial charge in [0.1, 0.15) is 0 Å². The number of hydrogen-bond acceptors (Lipinski definition) is 3. The quantitative estimate of drug-likeness (QED) is 0.420. The maximum atomic E-state index is 4.35. The molecule has 1 fully saturated rings. The number of hydrogen-bond donors (Lipinski definition) is 2. The highest BCUT2D eigenvalue weighted by atomic mass is 127. The van der Waals surface area contributed by atoms with E-state index < -0.39 is 0 Å². The van der Waals surface area contributed by atoms with Crippen molar-refractivity contribution in [2.45, 2.75) is 25.9 Å². The van der Waals surface area contributed by atoms with Crippen LogP contribution in [0.2, 0.25) is 0 Å². The maximum Gasteiger partial charge on any atom is 0.191 e. The predicted octanol–water partition coefficient (Wildman–Crippen LogP) is 3.62. The lowest BCUT2D eigenvalue weighted by atomic mass is 10.3. The van der Waals surface area contributed by atoms with Crippen molar-refractivity contribution in [3.05, 3.63) is 52.2 Å². The molecule has 0 radical (unpaired) electrons. The first-order valence-electron chi connectivity index (χ1n) is 8.07. The van der Waals surface area contributed by atoms with Gasteiger partial charge in [0.25, 0.3) is 0 Å². The molecule has 1 atom stereocenters. The molecular formula is C18H25IN4S. The number of anilines is 1.